The summed E-state index contributed by atoms with van der Waals surface area (Å²) in [5, 5.41) is 15.3. The summed E-state index contributed by atoms with van der Waals surface area (Å²) in [5.74, 6) is -0.637. The molecule has 0 aliphatic heterocycles. The third-order valence-electron chi connectivity index (χ3n) is 7.79. The number of unbranched alkanes of at least 4 members (excludes halogenated alkanes) is 9. The quantitative estimate of drug-likeness (QED) is 0.165. The zero-order valence-electron chi connectivity index (χ0n) is 25.4. The van der Waals surface area contributed by atoms with Gasteiger partial charge in [-0.2, -0.15) is 5.10 Å². The lowest BCUT2D eigenvalue weighted by Crippen LogP contribution is -2.28. The summed E-state index contributed by atoms with van der Waals surface area (Å²) in [6, 6.07) is 13.4. The van der Waals surface area contributed by atoms with Gasteiger partial charge in [0.2, 0.25) is 14.9 Å². The van der Waals surface area contributed by atoms with Crippen LogP contribution in [0.15, 0.2) is 52.3 Å². The summed E-state index contributed by atoms with van der Waals surface area (Å²) in [4.78, 5) is 13.9. The standard InChI is InChI=1S/C34H48N2O4S/c1-5-8-9-10-11-12-13-14-15-19-22-41(39,40)33-32(37)31(30-28(6-2)23-26(4)24-29(30)7-3)34(38)36(35-33)25-27-20-17-16-18-21-27/h16-18,20-21,23-24,37H,5-15,19,22,25H2,1-4H3. The van der Waals surface area contributed by atoms with Gasteiger partial charge in [-0.1, -0.05) is 127 Å². The third kappa shape index (κ3) is 8.78. The molecule has 41 heavy (non-hydrogen) atoms. The smallest absolute Gasteiger partial charge is 0.278 e. The first-order valence-corrected chi connectivity index (χ1v) is 17.1. The van der Waals surface area contributed by atoms with Gasteiger partial charge in [0.05, 0.1) is 17.9 Å². The predicted octanol–water partition coefficient (Wildman–Crippen LogP) is 7.79. The van der Waals surface area contributed by atoms with E-state index in [4.69, 9.17) is 0 Å². The van der Waals surface area contributed by atoms with Crippen molar-refractivity contribution in [2.24, 2.45) is 0 Å². The Kier molecular flexibility index (Phi) is 12.6. The Bertz CT molecular complexity index is 1400. The minimum absolute atomic E-state index is 0.0336. The Morgan fingerprint density at radius 3 is 1.85 bits per heavy atom. The SMILES string of the molecule is CCCCCCCCCCCCS(=O)(=O)c1nn(Cc2ccccc2)c(=O)c(-c2c(CC)cc(C)cc2CC)c1O. The molecule has 0 radical (unpaired) electrons. The van der Waals surface area contributed by atoms with Crippen LogP contribution in [0.2, 0.25) is 0 Å². The van der Waals surface area contributed by atoms with Crippen molar-refractivity contribution in [2.75, 3.05) is 5.75 Å². The van der Waals surface area contributed by atoms with Crippen molar-refractivity contribution in [3.8, 4) is 16.9 Å². The van der Waals surface area contributed by atoms with Crippen LogP contribution in [0, 0.1) is 6.92 Å². The second-order valence-electron chi connectivity index (χ2n) is 11.1. The fraction of sp³-hybridized carbons (Fsp3) is 0.529. The average molecular weight is 581 g/mol. The van der Waals surface area contributed by atoms with Crippen molar-refractivity contribution < 1.29 is 13.5 Å². The summed E-state index contributed by atoms with van der Waals surface area (Å²) in [7, 11) is -3.93. The zero-order valence-corrected chi connectivity index (χ0v) is 26.2. The molecule has 0 saturated heterocycles. The molecule has 0 aliphatic carbocycles. The van der Waals surface area contributed by atoms with E-state index in [9.17, 15) is 18.3 Å². The molecule has 0 bridgehead atoms. The van der Waals surface area contributed by atoms with Crippen molar-refractivity contribution in [2.45, 2.75) is 116 Å². The summed E-state index contributed by atoms with van der Waals surface area (Å²) >= 11 is 0. The van der Waals surface area contributed by atoms with Crippen LogP contribution in [0.1, 0.15) is 107 Å². The maximum Gasteiger partial charge on any atom is 0.278 e. The van der Waals surface area contributed by atoms with Crippen LogP contribution in [-0.4, -0.2) is 29.1 Å². The van der Waals surface area contributed by atoms with Crippen LogP contribution < -0.4 is 5.56 Å². The molecular weight excluding hydrogens is 532 g/mol. The molecule has 0 atom stereocenters. The summed E-state index contributed by atoms with van der Waals surface area (Å²) in [6.07, 6.45) is 12.2. The summed E-state index contributed by atoms with van der Waals surface area (Å²) in [5.41, 5.74) is 3.88. The monoisotopic (exact) mass is 580 g/mol. The molecule has 3 aromatic rings. The third-order valence-corrected chi connectivity index (χ3v) is 9.48. The fourth-order valence-corrected chi connectivity index (χ4v) is 6.93. The topological polar surface area (TPSA) is 89.3 Å². The highest BCUT2D eigenvalue weighted by Gasteiger charge is 2.29. The van der Waals surface area contributed by atoms with Crippen LogP contribution in [-0.2, 0) is 29.2 Å². The van der Waals surface area contributed by atoms with Gasteiger partial charge in [0.15, 0.2) is 5.75 Å². The molecule has 6 nitrogen and oxygen atoms in total. The van der Waals surface area contributed by atoms with E-state index < -0.39 is 26.2 Å². The van der Waals surface area contributed by atoms with Crippen molar-refractivity contribution in [3.05, 3.63) is 75.1 Å². The van der Waals surface area contributed by atoms with E-state index in [1.807, 2.05) is 63.2 Å². The molecule has 0 spiro atoms. The predicted molar refractivity (Wildman–Crippen MR) is 169 cm³/mol. The van der Waals surface area contributed by atoms with Gasteiger partial charge in [-0.15, -0.1) is 0 Å². The lowest BCUT2D eigenvalue weighted by atomic mass is 9.90. The maximum absolute atomic E-state index is 13.9. The van der Waals surface area contributed by atoms with Gasteiger partial charge < -0.3 is 5.11 Å². The Hall–Kier alpha value is -2.93. The van der Waals surface area contributed by atoms with E-state index in [0.717, 1.165) is 41.5 Å². The summed E-state index contributed by atoms with van der Waals surface area (Å²) in [6.45, 7) is 8.34. The van der Waals surface area contributed by atoms with E-state index in [0.29, 0.717) is 24.8 Å². The average Bonchev–Trinajstić information content (AvgIpc) is 2.96. The number of aromatic nitrogens is 2. The number of hydrogen-bond acceptors (Lipinski definition) is 5. The minimum Gasteiger partial charge on any atom is -0.504 e. The molecule has 0 amide bonds. The molecular formula is C34H48N2O4S. The maximum atomic E-state index is 13.9. The molecule has 1 aromatic heterocycles. The van der Waals surface area contributed by atoms with E-state index in [-0.39, 0.29) is 17.9 Å². The first-order valence-electron chi connectivity index (χ1n) is 15.5. The van der Waals surface area contributed by atoms with Crippen molar-refractivity contribution in [3.63, 3.8) is 0 Å². The van der Waals surface area contributed by atoms with E-state index >= 15 is 0 Å². The number of nitrogens with zero attached hydrogens (tertiary/aromatic N) is 2. The molecule has 1 heterocycles. The Labute approximate surface area is 246 Å². The highest BCUT2D eigenvalue weighted by molar-refractivity contribution is 7.91. The van der Waals surface area contributed by atoms with E-state index in [1.165, 1.54) is 43.2 Å². The van der Waals surface area contributed by atoms with E-state index in [2.05, 4.69) is 12.0 Å². The molecule has 224 valence electrons. The fourth-order valence-electron chi connectivity index (χ4n) is 5.53. The molecule has 0 fully saturated rings. The first kappa shape index (κ1) is 32.6. The van der Waals surface area contributed by atoms with Gasteiger partial charge in [-0.25, -0.2) is 13.1 Å². The Morgan fingerprint density at radius 2 is 1.32 bits per heavy atom. The first-order chi connectivity index (χ1) is 19.7. The molecule has 1 N–H and O–H groups in total. The lowest BCUT2D eigenvalue weighted by Gasteiger charge is -2.19. The highest BCUT2D eigenvalue weighted by Crippen LogP contribution is 2.37. The van der Waals surface area contributed by atoms with Crippen LogP contribution in [0.3, 0.4) is 0 Å². The van der Waals surface area contributed by atoms with Crippen LogP contribution in [0.25, 0.3) is 11.1 Å². The van der Waals surface area contributed by atoms with Gasteiger partial charge in [0.1, 0.15) is 0 Å². The number of sulfone groups is 1. The minimum atomic E-state index is -3.93. The highest BCUT2D eigenvalue weighted by atomic mass is 32.2. The second-order valence-corrected chi connectivity index (χ2v) is 13.2. The lowest BCUT2D eigenvalue weighted by molar-refractivity contribution is 0.436. The number of aromatic hydroxyl groups is 1. The Balaban J connectivity index is 1.94. The number of aryl methyl sites for hydroxylation is 3. The van der Waals surface area contributed by atoms with Crippen LogP contribution in [0.4, 0.5) is 0 Å². The van der Waals surface area contributed by atoms with Gasteiger partial charge >= 0.3 is 0 Å². The van der Waals surface area contributed by atoms with Gasteiger partial charge in [-0.3, -0.25) is 4.79 Å². The van der Waals surface area contributed by atoms with Crippen LogP contribution >= 0.6 is 0 Å². The van der Waals surface area contributed by atoms with Crippen LogP contribution in [0.5, 0.6) is 5.75 Å². The van der Waals surface area contributed by atoms with E-state index in [1.54, 1.807) is 0 Å². The zero-order chi connectivity index (χ0) is 29.8. The molecule has 0 aliphatic rings. The van der Waals surface area contributed by atoms with Gasteiger partial charge in [0, 0.05) is 0 Å². The van der Waals surface area contributed by atoms with Gasteiger partial charge in [-0.05, 0) is 48.4 Å². The van der Waals surface area contributed by atoms with Crippen molar-refractivity contribution >= 4 is 9.84 Å². The Morgan fingerprint density at radius 1 is 0.780 bits per heavy atom. The molecule has 3 rings (SSSR count). The van der Waals surface area contributed by atoms with Crippen molar-refractivity contribution in [1.29, 1.82) is 0 Å². The number of rotatable bonds is 17. The molecule has 2 aromatic carbocycles. The second kappa shape index (κ2) is 15.9. The molecule has 0 unspecified atom stereocenters. The van der Waals surface area contributed by atoms with Crippen molar-refractivity contribution in [1.82, 2.24) is 9.78 Å². The summed E-state index contributed by atoms with van der Waals surface area (Å²) < 4.78 is 28.4. The normalized spacial score (nSPS) is 11.7. The largest absolute Gasteiger partial charge is 0.504 e. The molecule has 0 saturated carbocycles. The number of benzene rings is 2. The molecule has 7 heteroatoms. The van der Waals surface area contributed by atoms with Gasteiger partial charge in [0.25, 0.3) is 5.56 Å². The number of hydrogen-bond donors (Lipinski definition) is 1.